The molecule has 1 aromatic carbocycles. The zero-order valence-corrected chi connectivity index (χ0v) is 12.7. The Bertz CT molecular complexity index is 492. The fraction of sp³-hybridized carbons (Fsp3) is 0.467. The highest BCUT2D eigenvalue weighted by atomic mass is 16.2. The standard InChI is InChI=1S/C15H23N3O2/c1-10(16-5)13(19)17-11-7-6-8-12(9-11)18-14(20)15(2,3)4/h6-10,16H,1-5H3,(H,17,19)(H,18,20). The lowest BCUT2D eigenvalue weighted by Gasteiger charge is -2.18. The topological polar surface area (TPSA) is 70.2 Å². The largest absolute Gasteiger partial charge is 0.326 e. The summed E-state index contributed by atoms with van der Waals surface area (Å²) in [5.41, 5.74) is 0.864. The summed E-state index contributed by atoms with van der Waals surface area (Å²) in [6.45, 7) is 7.33. The van der Waals surface area contributed by atoms with Crippen LogP contribution in [0.1, 0.15) is 27.7 Å². The van der Waals surface area contributed by atoms with Crippen molar-refractivity contribution in [2.75, 3.05) is 17.7 Å². The Morgan fingerprint density at radius 1 is 1.10 bits per heavy atom. The molecule has 0 aliphatic heterocycles. The van der Waals surface area contributed by atoms with E-state index in [1.54, 1.807) is 38.2 Å². The number of nitrogens with one attached hydrogen (secondary N) is 3. The van der Waals surface area contributed by atoms with Crippen LogP contribution in [0.5, 0.6) is 0 Å². The summed E-state index contributed by atoms with van der Waals surface area (Å²) in [5.74, 6) is -0.184. The minimum Gasteiger partial charge on any atom is -0.326 e. The first-order valence-corrected chi connectivity index (χ1v) is 6.63. The molecule has 1 unspecified atom stereocenters. The SMILES string of the molecule is CNC(C)C(=O)Nc1cccc(NC(=O)C(C)(C)C)c1. The van der Waals surface area contributed by atoms with Crippen LogP contribution in [-0.4, -0.2) is 24.9 Å². The Balaban J connectivity index is 2.76. The zero-order valence-electron chi connectivity index (χ0n) is 12.7. The second-order valence-corrected chi connectivity index (χ2v) is 5.78. The van der Waals surface area contributed by atoms with Crippen LogP contribution in [0.3, 0.4) is 0 Å². The van der Waals surface area contributed by atoms with Crippen LogP contribution in [0.4, 0.5) is 11.4 Å². The number of benzene rings is 1. The molecule has 1 rings (SSSR count). The summed E-state index contributed by atoms with van der Waals surface area (Å²) >= 11 is 0. The van der Waals surface area contributed by atoms with Crippen LogP contribution in [0.2, 0.25) is 0 Å². The van der Waals surface area contributed by atoms with E-state index < -0.39 is 5.41 Å². The molecule has 5 heteroatoms. The van der Waals surface area contributed by atoms with Crippen molar-refractivity contribution in [3.05, 3.63) is 24.3 Å². The normalized spacial score (nSPS) is 12.7. The molecule has 5 nitrogen and oxygen atoms in total. The smallest absolute Gasteiger partial charge is 0.241 e. The van der Waals surface area contributed by atoms with E-state index in [4.69, 9.17) is 0 Å². The first-order chi connectivity index (χ1) is 9.24. The van der Waals surface area contributed by atoms with Crippen molar-refractivity contribution >= 4 is 23.2 Å². The van der Waals surface area contributed by atoms with Gasteiger partial charge in [-0.1, -0.05) is 26.8 Å². The maximum atomic E-state index is 11.9. The summed E-state index contributed by atoms with van der Waals surface area (Å²) in [7, 11) is 1.73. The van der Waals surface area contributed by atoms with Gasteiger partial charge in [0.2, 0.25) is 11.8 Å². The molecule has 0 spiro atoms. The average Bonchev–Trinajstić information content (AvgIpc) is 2.37. The lowest BCUT2D eigenvalue weighted by Crippen LogP contribution is -2.35. The first kappa shape index (κ1) is 16.2. The summed E-state index contributed by atoms with van der Waals surface area (Å²) in [4.78, 5) is 23.7. The Labute approximate surface area is 120 Å². The number of rotatable bonds is 4. The third-order valence-corrected chi connectivity index (χ3v) is 2.90. The maximum Gasteiger partial charge on any atom is 0.241 e. The molecule has 3 N–H and O–H groups in total. The molecule has 2 amide bonds. The van der Waals surface area contributed by atoms with E-state index in [0.29, 0.717) is 11.4 Å². The summed E-state index contributed by atoms with van der Waals surface area (Å²) < 4.78 is 0. The van der Waals surface area contributed by atoms with Gasteiger partial charge in [-0.3, -0.25) is 9.59 Å². The highest BCUT2D eigenvalue weighted by molar-refractivity contribution is 5.97. The molecule has 0 aliphatic rings. The quantitative estimate of drug-likeness (QED) is 0.790. The van der Waals surface area contributed by atoms with E-state index in [9.17, 15) is 9.59 Å². The van der Waals surface area contributed by atoms with Crippen molar-refractivity contribution in [3.8, 4) is 0 Å². The van der Waals surface area contributed by atoms with E-state index in [0.717, 1.165) is 0 Å². The molecule has 0 saturated carbocycles. The Morgan fingerprint density at radius 2 is 1.65 bits per heavy atom. The summed E-state index contributed by atoms with van der Waals surface area (Å²) in [5, 5.41) is 8.49. The molecule has 0 radical (unpaired) electrons. The third kappa shape index (κ3) is 4.66. The van der Waals surface area contributed by atoms with Gasteiger partial charge >= 0.3 is 0 Å². The Hall–Kier alpha value is -1.88. The average molecular weight is 277 g/mol. The van der Waals surface area contributed by atoms with Crippen molar-refractivity contribution in [1.29, 1.82) is 0 Å². The van der Waals surface area contributed by atoms with Gasteiger partial charge in [0.15, 0.2) is 0 Å². The number of likely N-dealkylation sites (N-methyl/N-ethyl adjacent to an activating group) is 1. The monoisotopic (exact) mass is 277 g/mol. The van der Waals surface area contributed by atoms with Crippen molar-refractivity contribution in [2.45, 2.75) is 33.7 Å². The van der Waals surface area contributed by atoms with Crippen molar-refractivity contribution < 1.29 is 9.59 Å². The highest BCUT2D eigenvalue weighted by Gasteiger charge is 2.21. The number of hydrogen-bond donors (Lipinski definition) is 3. The van der Waals surface area contributed by atoms with E-state index in [1.165, 1.54) is 0 Å². The molecule has 1 aromatic rings. The lowest BCUT2D eigenvalue weighted by molar-refractivity contribution is -0.123. The van der Waals surface area contributed by atoms with Crippen LogP contribution in [0, 0.1) is 5.41 Å². The highest BCUT2D eigenvalue weighted by Crippen LogP contribution is 2.20. The fourth-order valence-corrected chi connectivity index (χ4v) is 1.37. The van der Waals surface area contributed by atoms with Gasteiger partial charge < -0.3 is 16.0 Å². The van der Waals surface area contributed by atoms with Gasteiger partial charge in [-0.05, 0) is 32.2 Å². The Morgan fingerprint density at radius 3 is 2.15 bits per heavy atom. The molecule has 0 heterocycles. The van der Waals surface area contributed by atoms with Crippen LogP contribution < -0.4 is 16.0 Å². The van der Waals surface area contributed by atoms with E-state index in [-0.39, 0.29) is 17.9 Å². The maximum absolute atomic E-state index is 11.9. The van der Waals surface area contributed by atoms with Gasteiger partial charge in [0, 0.05) is 16.8 Å². The molecule has 20 heavy (non-hydrogen) atoms. The van der Waals surface area contributed by atoms with Gasteiger partial charge in [0.1, 0.15) is 0 Å². The minimum absolute atomic E-state index is 0.0652. The molecule has 110 valence electrons. The van der Waals surface area contributed by atoms with E-state index in [2.05, 4.69) is 16.0 Å². The van der Waals surface area contributed by atoms with E-state index >= 15 is 0 Å². The first-order valence-electron chi connectivity index (χ1n) is 6.63. The molecule has 0 saturated heterocycles. The van der Waals surface area contributed by atoms with E-state index in [1.807, 2.05) is 20.8 Å². The summed E-state index contributed by atoms with van der Waals surface area (Å²) in [6, 6.07) is 6.83. The van der Waals surface area contributed by atoms with Gasteiger partial charge in [0.05, 0.1) is 6.04 Å². The van der Waals surface area contributed by atoms with Gasteiger partial charge in [-0.2, -0.15) is 0 Å². The van der Waals surface area contributed by atoms with Crippen molar-refractivity contribution in [3.63, 3.8) is 0 Å². The second-order valence-electron chi connectivity index (χ2n) is 5.78. The molecule has 0 fully saturated rings. The number of anilines is 2. The van der Waals surface area contributed by atoms with Crippen LogP contribution in [0.15, 0.2) is 24.3 Å². The minimum atomic E-state index is -0.458. The van der Waals surface area contributed by atoms with Crippen molar-refractivity contribution in [2.24, 2.45) is 5.41 Å². The molecule has 0 aliphatic carbocycles. The van der Waals surface area contributed by atoms with Crippen LogP contribution in [-0.2, 0) is 9.59 Å². The molecular weight excluding hydrogens is 254 g/mol. The number of hydrogen-bond acceptors (Lipinski definition) is 3. The Kier molecular flexibility index (Phi) is 5.27. The fourth-order valence-electron chi connectivity index (χ4n) is 1.37. The predicted molar refractivity (Wildman–Crippen MR) is 81.7 cm³/mol. The van der Waals surface area contributed by atoms with Crippen molar-refractivity contribution in [1.82, 2.24) is 5.32 Å². The van der Waals surface area contributed by atoms with Gasteiger partial charge in [-0.15, -0.1) is 0 Å². The lowest BCUT2D eigenvalue weighted by atomic mass is 9.95. The third-order valence-electron chi connectivity index (χ3n) is 2.90. The number of carbonyl (C=O) groups excluding carboxylic acids is 2. The van der Waals surface area contributed by atoms with Crippen LogP contribution >= 0.6 is 0 Å². The summed E-state index contributed by atoms with van der Waals surface area (Å²) in [6.07, 6.45) is 0. The zero-order chi connectivity index (χ0) is 15.3. The van der Waals surface area contributed by atoms with Crippen LogP contribution in [0.25, 0.3) is 0 Å². The number of amides is 2. The molecule has 0 bridgehead atoms. The predicted octanol–water partition coefficient (Wildman–Crippen LogP) is 2.22. The number of carbonyl (C=O) groups is 2. The second kappa shape index (κ2) is 6.52. The van der Waals surface area contributed by atoms with Gasteiger partial charge in [-0.25, -0.2) is 0 Å². The molecular formula is C15H23N3O2. The van der Waals surface area contributed by atoms with Gasteiger partial charge in [0.25, 0.3) is 0 Å². The molecule has 0 aromatic heterocycles. The molecule has 1 atom stereocenters.